The first-order valence-corrected chi connectivity index (χ1v) is 8.78. The molecule has 0 spiro atoms. The van der Waals surface area contributed by atoms with E-state index in [1.807, 2.05) is 26.0 Å². The number of nitrogens with one attached hydrogen (secondary N) is 1. The Labute approximate surface area is 161 Å². The standard InChI is InChI=1S/C20H20FN3O4/c1-4-26-16-10-9-14(11-12(16)2)18-19(24-28-23-18)22-20(25)13(3)27-17-8-6-5-7-15(17)21/h5-11,13H,4H2,1-3H3,(H,22,24,25)/t13-/m1/s1. The van der Waals surface area contributed by atoms with Crippen LogP contribution in [0.1, 0.15) is 19.4 Å². The van der Waals surface area contributed by atoms with Crippen molar-refractivity contribution in [3.05, 3.63) is 53.8 Å². The molecule has 0 aliphatic heterocycles. The highest BCUT2D eigenvalue weighted by Crippen LogP contribution is 2.29. The van der Waals surface area contributed by atoms with Crippen molar-refractivity contribution in [2.24, 2.45) is 0 Å². The van der Waals surface area contributed by atoms with Gasteiger partial charge in [0, 0.05) is 5.56 Å². The number of hydrogen-bond donors (Lipinski definition) is 1. The average Bonchev–Trinajstić information content (AvgIpc) is 3.13. The number of hydrogen-bond acceptors (Lipinski definition) is 6. The predicted molar refractivity (Wildman–Crippen MR) is 101 cm³/mol. The van der Waals surface area contributed by atoms with Gasteiger partial charge in [-0.05, 0) is 67.0 Å². The van der Waals surface area contributed by atoms with E-state index in [9.17, 15) is 9.18 Å². The monoisotopic (exact) mass is 385 g/mol. The quantitative estimate of drug-likeness (QED) is 0.662. The number of amides is 1. The number of aryl methyl sites for hydroxylation is 1. The van der Waals surface area contributed by atoms with Crippen LogP contribution in [0.5, 0.6) is 11.5 Å². The number of nitrogens with zero attached hydrogens (tertiary/aromatic N) is 2. The molecule has 7 nitrogen and oxygen atoms in total. The summed E-state index contributed by atoms with van der Waals surface area (Å²) in [5.41, 5.74) is 1.99. The Morgan fingerprint density at radius 2 is 2.00 bits per heavy atom. The Balaban J connectivity index is 1.74. The van der Waals surface area contributed by atoms with Gasteiger partial charge >= 0.3 is 0 Å². The fraction of sp³-hybridized carbons (Fsp3) is 0.250. The highest BCUT2D eigenvalue weighted by Gasteiger charge is 2.21. The summed E-state index contributed by atoms with van der Waals surface area (Å²) in [6, 6.07) is 11.3. The number of halogens is 1. The van der Waals surface area contributed by atoms with Gasteiger partial charge < -0.3 is 14.8 Å². The highest BCUT2D eigenvalue weighted by molar-refractivity contribution is 5.96. The van der Waals surface area contributed by atoms with E-state index < -0.39 is 17.8 Å². The molecule has 1 heterocycles. The molecule has 8 heteroatoms. The van der Waals surface area contributed by atoms with Crippen LogP contribution in [0, 0.1) is 12.7 Å². The van der Waals surface area contributed by atoms with Crippen molar-refractivity contribution in [2.45, 2.75) is 26.9 Å². The first-order valence-electron chi connectivity index (χ1n) is 8.78. The summed E-state index contributed by atoms with van der Waals surface area (Å²) in [5, 5.41) is 10.2. The lowest BCUT2D eigenvalue weighted by Crippen LogP contribution is -2.30. The molecule has 0 fully saturated rings. The van der Waals surface area contributed by atoms with Gasteiger partial charge in [-0.15, -0.1) is 0 Å². The molecule has 1 N–H and O–H groups in total. The fourth-order valence-electron chi connectivity index (χ4n) is 2.58. The number of ether oxygens (including phenoxy) is 2. The van der Waals surface area contributed by atoms with Crippen LogP contribution < -0.4 is 14.8 Å². The Morgan fingerprint density at radius 1 is 1.21 bits per heavy atom. The van der Waals surface area contributed by atoms with Gasteiger partial charge in [0.15, 0.2) is 23.4 Å². The van der Waals surface area contributed by atoms with E-state index in [0.717, 1.165) is 11.3 Å². The first kappa shape index (κ1) is 19.3. The summed E-state index contributed by atoms with van der Waals surface area (Å²) in [7, 11) is 0. The van der Waals surface area contributed by atoms with Gasteiger partial charge in [-0.2, -0.15) is 0 Å². The number of aromatic nitrogens is 2. The smallest absolute Gasteiger partial charge is 0.266 e. The maximum absolute atomic E-state index is 13.7. The second-order valence-electron chi connectivity index (χ2n) is 6.05. The number of para-hydroxylation sites is 1. The molecule has 0 saturated carbocycles. The van der Waals surface area contributed by atoms with Crippen molar-refractivity contribution in [1.29, 1.82) is 0 Å². The third-order valence-corrected chi connectivity index (χ3v) is 3.99. The minimum atomic E-state index is -0.955. The molecule has 0 saturated heterocycles. The van der Waals surface area contributed by atoms with E-state index in [4.69, 9.17) is 14.1 Å². The average molecular weight is 385 g/mol. The molecule has 3 rings (SSSR count). The zero-order chi connectivity index (χ0) is 20.1. The Hall–Kier alpha value is -3.42. The normalized spacial score (nSPS) is 11.7. The fourth-order valence-corrected chi connectivity index (χ4v) is 2.58. The van der Waals surface area contributed by atoms with Gasteiger partial charge in [-0.1, -0.05) is 12.1 Å². The van der Waals surface area contributed by atoms with E-state index in [0.29, 0.717) is 17.9 Å². The van der Waals surface area contributed by atoms with Gasteiger partial charge in [-0.25, -0.2) is 9.02 Å². The van der Waals surface area contributed by atoms with Crippen molar-refractivity contribution < 1.29 is 23.3 Å². The molecule has 2 aromatic carbocycles. The summed E-state index contributed by atoms with van der Waals surface area (Å²) in [5.74, 6) is -0.151. The van der Waals surface area contributed by atoms with Gasteiger partial charge in [0.1, 0.15) is 5.75 Å². The number of carbonyl (C=O) groups is 1. The van der Waals surface area contributed by atoms with E-state index in [-0.39, 0.29) is 11.6 Å². The third-order valence-electron chi connectivity index (χ3n) is 3.99. The summed E-state index contributed by atoms with van der Waals surface area (Å²) in [6.45, 7) is 5.89. The SMILES string of the molecule is CCOc1ccc(-c2nonc2NC(=O)[C@@H](C)Oc2ccccc2F)cc1C. The molecule has 0 aliphatic carbocycles. The Kier molecular flexibility index (Phi) is 5.88. The highest BCUT2D eigenvalue weighted by atomic mass is 19.1. The van der Waals surface area contributed by atoms with E-state index >= 15 is 0 Å². The third kappa shape index (κ3) is 4.28. The van der Waals surface area contributed by atoms with Crippen molar-refractivity contribution in [3.8, 4) is 22.8 Å². The van der Waals surface area contributed by atoms with Crippen LogP contribution in [-0.2, 0) is 4.79 Å². The van der Waals surface area contributed by atoms with Crippen LogP contribution in [0.4, 0.5) is 10.2 Å². The summed E-state index contributed by atoms with van der Waals surface area (Å²) in [6.07, 6.45) is -0.955. The molecule has 146 valence electrons. The summed E-state index contributed by atoms with van der Waals surface area (Å²) >= 11 is 0. The van der Waals surface area contributed by atoms with Gasteiger partial charge in [0.25, 0.3) is 5.91 Å². The van der Waals surface area contributed by atoms with Crippen molar-refractivity contribution in [2.75, 3.05) is 11.9 Å². The van der Waals surface area contributed by atoms with Crippen LogP contribution >= 0.6 is 0 Å². The maximum atomic E-state index is 13.7. The molecule has 0 aliphatic rings. The first-order chi connectivity index (χ1) is 13.5. The zero-order valence-electron chi connectivity index (χ0n) is 15.7. The van der Waals surface area contributed by atoms with Gasteiger partial charge in [0.2, 0.25) is 5.82 Å². The van der Waals surface area contributed by atoms with Crippen molar-refractivity contribution >= 4 is 11.7 Å². The lowest BCUT2D eigenvalue weighted by atomic mass is 10.1. The lowest BCUT2D eigenvalue weighted by Gasteiger charge is -2.14. The number of anilines is 1. The predicted octanol–water partition coefficient (Wildman–Crippen LogP) is 3.99. The molecular weight excluding hydrogens is 365 g/mol. The second kappa shape index (κ2) is 8.51. The lowest BCUT2D eigenvalue weighted by molar-refractivity contribution is -0.122. The van der Waals surface area contributed by atoms with E-state index in [2.05, 4.69) is 15.6 Å². The van der Waals surface area contributed by atoms with Crippen LogP contribution in [0.25, 0.3) is 11.3 Å². The molecule has 0 bridgehead atoms. The minimum Gasteiger partial charge on any atom is -0.494 e. The molecule has 0 unspecified atom stereocenters. The summed E-state index contributed by atoms with van der Waals surface area (Å²) < 4.78 is 29.4. The van der Waals surface area contributed by atoms with E-state index in [1.165, 1.54) is 19.1 Å². The second-order valence-corrected chi connectivity index (χ2v) is 6.05. The Morgan fingerprint density at radius 3 is 2.71 bits per heavy atom. The van der Waals surface area contributed by atoms with Crippen molar-refractivity contribution in [1.82, 2.24) is 10.3 Å². The van der Waals surface area contributed by atoms with Gasteiger partial charge in [-0.3, -0.25) is 4.79 Å². The molecule has 1 atom stereocenters. The van der Waals surface area contributed by atoms with Crippen molar-refractivity contribution in [3.63, 3.8) is 0 Å². The van der Waals surface area contributed by atoms with Crippen LogP contribution in [0.3, 0.4) is 0 Å². The number of benzene rings is 2. The number of carbonyl (C=O) groups excluding carboxylic acids is 1. The molecule has 0 radical (unpaired) electrons. The molecule has 1 aromatic heterocycles. The Bertz CT molecular complexity index is 974. The van der Waals surface area contributed by atoms with Gasteiger partial charge in [0.05, 0.1) is 6.61 Å². The number of rotatable bonds is 7. The molecular formula is C20H20FN3O4. The summed E-state index contributed by atoms with van der Waals surface area (Å²) in [4.78, 5) is 12.4. The zero-order valence-corrected chi connectivity index (χ0v) is 15.7. The largest absolute Gasteiger partial charge is 0.494 e. The maximum Gasteiger partial charge on any atom is 0.266 e. The molecule has 3 aromatic rings. The topological polar surface area (TPSA) is 86.5 Å². The van der Waals surface area contributed by atoms with E-state index in [1.54, 1.807) is 18.2 Å². The van der Waals surface area contributed by atoms with Crippen LogP contribution in [-0.4, -0.2) is 28.9 Å². The molecule has 28 heavy (non-hydrogen) atoms. The van der Waals surface area contributed by atoms with Crippen LogP contribution in [0.2, 0.25) is 0 Å². The van der Waals surface area contributed by atoms with Crippen LogP contribution in [0.15, 0.2) is 47.1 Å². The molecule has 1 amide bonds. The minimum absolute atomic E-state index is 0.00853.